The zero-order chi connectivity index (χ0) is 14.9. The van der Waals surface area contributed by atoms with Crippen LogP contribution < -0.4 is 5.32 Å². The summed E-state index contributed by atoms with van der Waals surface area (Å²) in [6.07, 6.45) is 1.60. The summed E-state index contributed by atoms with van der Waals surface area (Å²) < 4.78 is 1.68. The molecular weight excluding hydrogens is 260 g/mol. The summed E-state index contributed by atoms with van der Waals surface area (Å²) in [6.45, 7) is 5.26. The molecular formula is C13H16N4O3. The molecule has 0 saturated heterocycles. The van der Waals surface area contributed by atoms with Gasteiger partial charge in [0.05, 0.1) is 5.56 Å². The van der Waals surface area contributed by atoms with E-state index in [9.17, 15) is 9.59 Å². The summed E-state index contributed by atoms with van der Waals surface area (Å²) in [6, 6.07) is 2.35. The molecule has 2 aromatic rings. The van der Waals surface area contributed by atoms with Crippen molar-refractivity contribution >= 4 is 17.5 Å². The maximum Gasteiger partial charge on any atom is 0.326 e. The van der Waals surface area contributed by atoms with E-state index < -0.39 is 17.9 Å². The lowest BCUT2D eigenvalue weighted by Gasteiger charge is -2.17. The van der Waals surface area contributed by atoms with Gasteiger partial charge in [-0.05, 0) is 25.0 Å². The smallest absolute Gasteiger partial charge is 0.326 e. The molecule has 7 nitrogen and oxygen atoms in total. The van der Waals surface area contributed by atoms with Crippen molar-refractivity contribution in [3.8, 4) is 0 Å². The average molecular weight is 276 g/mol. The van der Waals surface area contributed by atoms with E-state index in [1.165, 1.54) is 0 Å². The maximum atomic E-state index is 12.1. The Morgan fingerprint density at radius 2 is 2.00 bits per heavy atom. The lowest BCUT2D eigenvalue weighted by atomic mass is 10.0. The van der Waals surface area contributed by atoms with Crippen LogP contribution in [0.3, 0.4) is 0 Å². The Balaban J connectivity index is 2.26. The number of hydrogen-bond acceptors (Lipinski definition) is 4. The van der Waals surface area contributed by atoms with Crippen molar-refractivity contribution in [3.63, 3.8) is 0 Å². The number of carboxylic acid groups (broad SMARTS) is 1. The maximum absolute atomic E-state index is 12.1. The van der Waals surface area contributed by atoms with Crippen molar-refractivity contribution in [2.24, 2.45) is 5.92 Å². The number of amides is 1. The molecule has 106 valence electrons. The summed E-state index contributed by atoms with van der Waals surface area (Å²) in [5.74, 6) is -1.01. The molecule has 0 aliphatic rings. The quantitative estimate of drug-likeness (QED) is 0.864. The molecule has 2 N–H and O–H groups in total. The van der Waals surface area contributed by atoms with Gasteiger partial charge in [-0.3, -0.25) is 9.20 Å². The van der Waals surface area contributed by atoms with Gasteiger partial charge in [-0.2, -0.15) is 0 Å². The number of rotatable bonds is 4. The standard InChI is InChI=1S/C13H16N4O3/c1-7(2)11(13(19)20)14-12(18)9-4-5-10-16-15-8(3)17(10)6-9/h4-7,11H,1-3H3,(H,14,18)(H,19,20). The molecule has 2 aromatic heterocycles. The van der Waals surface area contributed by atoms with Gasteiger partial charge < -0.3 is 10.4 Å². The first-order valence-electron chi connectivity index (χ1n) is 6.25. The molecule has 0 bridgehead atoms. The summed E-state index contributed by atoms with van der Waals surface area (Å²) in [5.41, 5.74) is 1.00. The minimum Gasteiger partial charge on any atom is -0.480 e. The van der Waals surface area contributed by atoms with Gasteiger partial charge in [0.25, 0.3) is 5.91 Å². The van der Waals surface area contributed by atoms with Crippen LogP contribution >= 0.6 is 0 Å². The molecule has 1 atom stereocenters. The molecule has 20 heavy (non-hydrogen) atoms. The first-order valence-corrected chi connectivity index (χ1v) is 6.25. The van der Waals surface area contributed by atoms with Crippen molar-refractivity contribution in [1.82, 2.24) is 19.9 Å². The van der Waals surface area contributed by atoms with Gasteiger partial charge in [0.2, 0.25) is 0 Å². The Morgan fingerprint density at radius 3 is 2.60 bits per heavy atom. The van der Waals surface area contributed by atoms with Crippen LogP contribution in [0, 0.1) is 12.8 Å². The SMILES string of the molecule is Cc1nnc2ccc(C(=O)NC(C(=O)O)C(C)C)cn12. The van der Waals surface area contributed by atoms with E-state index in [0.29, 0.717) is 17.0 Å². The van der Waals surface area contributed by atoms with Crippen molar-refractivity contribution in [1.29, 1.82) is 0 Å². The number of nitrogens with zero attached hydrogens (tertiary/aromatic N) is 3. The molecule has 2 heterocycles. The zero-order valence-electron chi connectivity index (χ0n) is 11.5. The minimum atomic E-state index is -1.05. The van der Waals surface area contributed by atoms with Gasteiger partial charge in [-0.25, -0.2) is 4.79 Å². The van der Waals surface area contributed by atoms with Crippen LogP contribution in [0.4, 0.5) is 0 Å². The van der Waals surface area contributed by atoms with E-state index in [0.717, 1.165) is 0 Å². The Hall–Kier alpha value is -2.44. The van der Waals surface area contributed by atoms with Gasteiger partial charge in [-0.1, -0.05) is 13.8 Å². The van der Waals surface area contributed by atoms with Gasteiger partial charge in [0, 0.05) is 6.20 Å². The first kappa shape index (κ1) is 14.0. The third-order valence-electron chi connectivity index (χ3n) is 3.05. The molecule has 0 spiro atoms. The fourth-order valence-electron chi connectivity index (χ4n) is 1.88. The Labute approximate surface area is 115 Å². The van der Waals surface area contributed by atoms with Crippen LogP contribution in [-0.4, -0.2) is 37.6 Å². The number of carboxylic acids is 1. The Kier molecular flexibility index (Phi) is 3.69. The van der Waals surface area contributed by atoms with Crippen molar-refractivity contribution in [2.45, 2.75) is 26.8 Å². The number of hydrogen-bond donors (Lipinski definition) is 2. The first-order chi connectivity index (χ1) is 9.40. The summed E-state index contributed by atoms with van der Waals surface area (Å²) in [4.78, 5) is 23.2. The van der Waals surface area contributed by atoms with Crippen LogP contribution in [-0.2, 0) is 4.79 Å². The second-order valence-corrected chi connectivity index (χ2v) is 4.93. The second-order valence-electron chi connectivity index (χ2n) is 4.93. The van der Waals surface area contributed by atoms with Crippen molar-refractivity contribution in [2.75, 3.05) is 0 Å². The van der Waals surface area contributed by atoms with Crippen molar-refractivity contribution < 1.29 is 14.7 Å². The van der Waals surface area contributed by atoms with Crippen LogP contribution in [0.2, 0.25) is 0 Å². The lowest BCUT2D eigenvalue weighted by Crippen LogP contribution is -2.44. The summed E-state index contributed by atoms with van der Waals surface area (Å²) in [5, 5.41) is 19.4. The van der Waals surface area contributed by atoms with Gasteiger partial charge >= 0.3 is 5.97 Å². The van der Waals surface area contributed by atoms with Crippen molar-refractivity contribution in [3.05, 3.63) is 29.7 Å². The largest absolute Gasteiger partial charge is 0.480 e. The van der Waals surface area contributed by atoms with Gasteiger partial charge in [-0.15, -0.1) is 10.2 Å². The minimum absolute atomic E-state index is 0.197. The zero-order valence-corrected chi connectivity index (χ0v) is 11.5. The highest BCUT2D eigenvalue weighted by molar-refractivity contribution is 5.96. The number of aliphatic carboxylic acids is 1. The molecule has 2 rings (SSSR count). The van der Waals surface area contributed by atoms with Crippen LogP contribution in [0.5, 0.6) is 0 Å². The number of aromatic nitrogens is 3. The van der Waals surface area contributed by atoms with E-state index in [-0.39, 0.29) is 5.92 Å². The van der Waals surface area contributed by atoms with Crippen LogP contribution in [0.15, 0.2) is 18.3 Å². The van der Waals surface area contributed by atoms with Gasteiger partial charge in [0.1, 0.15) is 11.9 Å². The predicted octanol–water partition coefficient (Wildman–Crippen LogP) is 0.877. The van der Waals surface area contributed by atoms with Crippen LogP contribution in [0.1, 0.15) is 30.0 Å². The molecule has 0 aliphatic heterocycles. The van der Waals surface area contributed by atoms with E-state index in [1.807, 2.05) is 0 Å². The Morgan fingerprint density at radius 1 is 1.30 bits per heavy atom. The molecule has 7 heteroatoms. The highest BCUT2D eigenvalue weighted by atomic mass is 16.4. The topological polar surface area (TPSA) is 96.6 Å². The normalized spacial score (nSPS) is 12.6. The third-order valence-corrected chi connectivity index (χ3v) is 3.05. The molecule has 0 aliphatic carbocycles. The van der Waals surface area contributed by atoms with E-state index in [4.69, 9.17) is 5.11 Å². The summed E-state index contributed by atoms with van der Waals surface area (Å²) >= 11 is 0. The Bertz CT molecular complexity index is 663. The second kappa shape index (κ2) is 5.28. The number of nitrogens with one attached hydrogen (secondary N) is 1. The van der Waals surface area contributed by atoms with Crippen LogP contribution in [0.25, 0.3) is 5.65 Å². The molecule has 1 amide bonds. The molecule has 0 saturated carbocycles. The lowest BCUT2D eigenvalue weighted by molar-refractivity contribution is -0.140. The molecule has 1 unspecified atom stereocenters. The fourth-order valence-corrected chi connectivity index (χ4v) is 1.88. The fraction of sp³-hybridized carbons (Fsp3) is 0.385. The van der Waals surface area contributed by atoms with E-state index in [2.05, 4.69) is 15.5 Å². The molecule has 0 aromatic carbocycles. The summed E-state index contributed by atoms with van der Waals surface area (Å²) in [7, 11) is 0. The number of carbonyl (C=O) groups is 2. The molecule has 0 fully saturated rings. The predicted molar refractivity (Wildman–Crippen MR) is 71.5 cm³/mol. The molecule has 0 radical (unpaired) electrons. The third kappa shape index (κ3) is 2.61. The number of pyridine rings is 1. The number of aryl methyl sites for hydroxylation is 1. The monoisotopic (exact) mass is 276 g/mol. The number of carbonyl (C=O) groups excluding carboxylic acids is 1. The highest BCUT2D eigenvalue weighted by Crippen LogP contribution is 2.08. The van der Waals surface area contributed by atoms with E-state index >= 15 is 0 Å². The average Bonchev–Trinajstić information content (AvgIpc) is 2.76. The van der Waals surface area contributed by atoms with Gasteiger partial charge in [0.15, 0.2) is 5.65 Å². The number of fused-ring (bicyclic) bond motifs is 1. The highest BCUT2D eigenvalue weighted by Gasteiger charge is 2.24. The van der Waals surface area contributed by atoms with E-state index in [1.54, 1.807) is 43.5 Å².